The molecule has 0 saturated carbocycles. The molecule has 5 rings (SSSR count). The fourth-order valence-corrected chi connectivity index (χ4v) is 7.47. The fourth-order valence-electron chi connectivity index (χ4n) is 4.60. The molecule has 4 heterocycles. The van der Waals surface area contributed by atoms with Crippen LogP contribution in [0.5, 0.6) is 0 Å². The summed E-state index contributed by atoms with van der Waals surface area (Å²) in [7, 11) is -3.64. The molecule has 3 aromatic rings. The van der Waals surface area contributed by atoms with E-state index < -0.39 is 10.0 Å². The number of hydrogen-bond donors (Lipinski definition) is 1. The summed E-state index contributed by atoms with van der Waals surface area (Å²) in [6.45, 7) is 2.24. The fraction of sp³-hybridized carbons (Fsp3) is 0.455. The summed E-state index contributed by atoms with van der Waals surface area (Å²) in [5.74, 6) is 0.824. The second-order valence-corrected chi connectivity index (χ2v) is 11.1. The van der Waals surface area contributed by atoms with E-state index in [1.165, 1.54) is 15.6 Å². The van der Waals surface area contributed by atoms with Crippen molar-refractivity contribution in [3.8, 4) is 0 Å². The van der Waals surface area contributed by atoms with Crippen molar-refractivity contribution in [3.63, 3.8) is 0 Å². The van der Waals surface area contributed by atoms with Crippen LogP contribution >= 0.6 is 11.3 Å². The Bertz CT molecular complexity index is 1160. The van der Waals surface area contributed by atoms with Crippen LogP contribution in [0.3, 0.4) is 0 Å². The quantitative estimate of drug-likeness (QED) is 0.644. The molecule has 1 amide bonds. The number of nitrogens with one attached hydrogen (secondary N) is 1. The maximum Gasteiger partial charge on any atom is 0.265 e. The summed E-state index contributed by atoms with van der Waals surface area (Å²) in [6, 6.07) is 9.50. The average molecular weight is 459 g/mol. The predicted octanol–water partition coefficient (Wildman–Crippen LogP) is 3.82. The molecule has 0 bridgehead atoms. The van der Waals surface area contributed by atoms with E-state index >= 15 is 0 Å². The summed E-state index contributed by atoms with van der Waals surface area (Å²) in [4.78, 5) is 23.8. The average Bonchev–Trinajstić information content (AvgIpc) is 3.47. The van der Waals surface area contributed by atoms with Gasteiger partial charge in [0.2, 0.25) is 10.0 Å². The van der Waals surface area contributed by atoms with Gasteiger partial charge in [-0.15, -0.1) is 11.3 Å². The largest absolute Gasteiger partial charge is 0.342 e. The van der Waals surface area contributed by atoms with Crippen LogP contribution in [0.15, 0.2) is 40.6 Å². The van der Waals surface area contributed by atoms with Gasteiger partial charge in [-0.1, -0.05) is 18.6 Å². The minimum Gasteiger partial charge on any atom is -0.342 e. The van der Waals surface area contributed by atoms with Crippen molar-refractivity contribution >= 4 is 38.3 Å². The van der Waals surface area contributed by atoms with Crippen LogP contribution in [0.25, 0.3) is 11.0 Å². The van der Waals surface area contributed by atoms with Crippen LogP contribution in [0, 0.1) is 0 Å². The van der Waals surface area contributed by atoms with E-state index in [1.54, 1.807) is 16.3 Å². The molecule has 0 aliphatic carbocycles. The van der Waals surface area contributed by atoms with Gasteiger partial charge in [0, 0.05) is 32.1 Å². The number of likely N-dealkylation sites (tertiary alicyclic amines) is 1. The molecule has 2 aromatic heterocycles. The van der Waals surface area contributed by atoms with Crippen molar-refractivity contribution in [1.29, 1.82) is 0 Å². The number of aromatic amines is 1. The van der Waals surface area contributed by atoms with Gasteiger partial charge in [0.25, 0.3) is 5.91 Å². The number of piperidine rings is 2. The van der Waals surface area contributed by atoms with Crippen molar-refractivity contribution in [2.75, 3.05) is 26.2 Å². The van der Waals surface area contributed by atoms with Crippen molar-refractivity contribution < 1.29 is 13.2 Å². The number of sulfonamides is 1. The molecule has 0 radical (unpaired) electrons. The third-order valence-electron chi connectivity index (χ3n) is 6.26. The molecule has 1 unspecified atom stereocenters. The molecular weight excluding hydrogens is 432 g/mol. The van der Waals surface area contributed by atoms with Gasteiger partial charge in [-0.2, -0.15) is 4.31 Å². The molecule has 31 heavy (non-hydrogen) atoms. The number of H-pyrrole nitrogens is 1. The first kappa shape index (κ1) is 20.7. The van der Waals surface area contributed by atoms with Gasteiger partial charge < -0.3 is 9.88 Å². The van der Waals surface area contributed by atoms with Gasteiger partial charge in [-0.05, 0) is 49.3 Å². The van der Waals surface area contributed by atoms with Gasteiger partial charge >= 0.3 is 0 Å². The van der Waals surface area contributed by atoms with Crippen LogP contribution in [0.1, 0.15) is 53.5 Å². The Morgan fingerprint density at radius 3 is 2.68 bits per heavy atom. The number of carbonyl (C=O) groups is 1. The van der Waals surface area contributed by atoms with Crippen LogP contribution in [0.4, 0.5) is 0 Å². The standard InChI is InChI=1S/C22H26N4O3S2/c27-22(20-19(10-14-30-20)31(28,29)26-12-4-1-5-13-26)25-11-6-7-16(15-25)21-23-17-8-2-3-9-18(17)24-21/h2-3,8-10,14,16H,1,4-7,11-13,15H2,(H,23,24). The minimum absolute atomic E-state index is 0.118. The number of para-hydroxylation sites is 2. The molecule has 164 valence electrons. The normalized spacial score (nSPS) is 20.9. The molecule has 1 atom stereocenters. The number of carbonyl (C=O) groups excluding carboxylic acids is 1. The number of rotatable bonds is 4. The molecular formula is C22H26N4O3S2. The highest BCUT2D eigenvalue weighted by Gasteiger charge is 2.34. The molecule has 9 heteroatoms. The number of hydrogen-bond acceptors (Lipinski definition) is 5. The highest BCUT2D eigenvalue weighted by molar-refractivity contribution is 7.89. The Morgan fingerprint density at radius 1 is 1.06 bits per heavy atom. The van der Waals surface area contributed by atoms with E-state index in [0.717, 1.165) is 49.0 Å². The second kappa shape index (κ2) is 8.37. The van der Waals surface area contributed by atoms with Crippen LogP contribution < -0.4 is 0 Å². The number of nitrogens with zero attached hydrogens (tertiary/aromatic N) is 3. The SMILES string of the molecule is O=C(c1sccc1S(=O)(=O)N1CCCCC1)N1CCCC(c2nc3ccccc3[nH]2)C1. The Balaban J connectivity index is 1.37. The maximum atomic E-state index is 13.4. The Hall–Kier alpha value is -2.23. The first-order valence-corrected chi connectivity index (χ1v) is 13.2. The lowest BCUT2D eigenvalue weighted by Gasteiger charge is -2.32. The van der Waals surface area contributed by atoms with E-state index in [-0.39, 0.29) is 16.7 Å². The highest BCUT2D eigenvalue weighted by Crippen LogP contribution is 2.32. The van der Waals surface area contributed by atoms with Gasteiger partial charge in [0.15, 0.2) is 0 Å². The zero-order valence-corrected chi connectivity index (χ0v) is 18.9. The summed E-state index contributed by atoms with van der Waals surface area (Å²) < 4.78 is 27.9. The van der Waals surface area contributed by atoms with Crippen molar-refractivity contribution in [2.45, 2.75) is 42.9 Å². The summed E-state index contributed by atoms with van der Waals surface area (Å²) in [5, 5.41) is 1.71. The first-order valence-electron chi connectivity index (χ1n) is 10.9. The molecule has 2 aliphatic heterocycles. The van der Waals surface area contributed by atoms with Crippen LogP contribution in [0.2, 0.25) is 0 Å². The molecule has 2 saturated heterocycles. The van der Waals surface area contributed by atoms with Crippen molar-refractivity contribution in [1.82, 2.24) is 19.2 Å². The van der Waals surface area contributed by atoms with E-state index in [0.29, 0.717) is 31.1 Å². The topological polar surface area (TPSA) is 86.4 Å². The Kier molecular flexibility index (Phi) is 5.58. The monoisotopic (exact) mass is 458 g/mol. The van der Waals surface area contributed by atoms with E-state index in [4.69, 9.17) is 4.98 Å². The minimum atomic E-state index is -3.64. The highest BCUT2D eigenvalue weighted by atomic mass is 32.2. The number of aromatic nitrogens is 2. The predicted molar refractivity (Wildman–Crippen MR) is 121 cm³/mol. The third-order valence-corrected chi connectivity index (χ3v) is 9.23. The number of imidazole rings is 1. The molecule has 2 fully saturated rings. The summed E-state index contributed by atoms with van der Waals surface area (Å²) in [5.41, 5.74) is 1.92. The van der Waals surface area contributed by atoms with Crippen LogP contribution in [-0.2, 0) is 10.0 Å². The lowest BCUT2D eigenvalue weighted by molar-refractivity contribution is 0.0706. The van der Waals surface area contributed by atoms with Crippen molar-refractivity contribution in [2.24, 2.45) is 0 Å². The zero-order valence-electron chi connectivity index (χ0n) is 17.3. The van der Waals surface area contributed by atoms with E-state index in [1.807, 2.05) is 24.3 Å². The maximum absolute atomic E-state index is 13.4. The lowest BCUT2D eigenvalue weighted by Crippen LogP contribution is -2.40. The number of benzene rings is 1. The first-order chi connectivity index (χ1) is 15.0. The van der Waals surface area contributed by atoms with E-state index in [9.17, 15) is 13.2 Å². The summed E-state index contributed by atoms with van der Waals surface area (Å²) >= 11 is 1.22. The van der Waals surface area contributed by atoms with Crippen molar-refractivity contribution in [3.05, 3.63) is 46.4 Å². The Labute approximate surface area is 186 Å². The number of thiophene rings is 1. The number of amides is 1. The second-order valence-electron chi connectivity index (χ2n) is 8.31. The van der Waals surface area contributed by atoms with Gasteiger partial charge in [0.1, 0.15) is 15.6 Å². The van der Waals surface area contributed by atoms with Gasteiger partial charge in [-0.3, -0.25) is 4.79 Å². The molecule has 2 aliphatic rings. The molecule has 1 N–H and O–H groups in total. The third kappa shape index (κ3) is 3.90. The van der Waals surface area contributed by atoms with Gasteiger partial charge in [-0.25, -0.2) is 13.4 Å². The lowest BCUT2D eigenvalue weighted by atomic mass is 9.97. The van der Waals surface area contributed by atoms with Gasteiger partial charge in [0.05, 0.1) is 11.0 Å². The number of fused-ring (bicyclic) bond motifs is 1. The van der Waals surface area contributed by atoms with Crippen LogP contribution in [-0.4, -0.2) is 59.7 Å². The van der Waals surface area contributed by atoms with E-state index in [2.05, 4.69) is 4.98 Å². The molecule has 0 spiro atoms. The zero-order chi connectivity index (χ0) is 21.4. The molecule has 7 nitrogen and oxygen atoms in total. The molecule has 1 aromatic carbocycles. The smallest absolute Gasteiger partial charge is 0.265 e. The summed E-state index contributed by atoms with van der Waals surface area (Å²) in [6.07, 6.45) is 4.62. The Morgan fingerprint density at radius 2 is 1.87 bits per heavy atom.